The van der Waals surface area contributed by atoms with Gasteiger partial charge in [-0.15, -0.1) is 0 Å². The number of fused-ring (bicyclic) bond motifs is 1. The molecular formula is C18H20ClN3O2. The number of amides is 1. The topological polar surface area (TPSA) is 47.4 Å². The Balaban J connectivity index is 1.56. The maximum absolute atomic E-state index is 12.7. The van der Waals surface area contributed by atoms with Crippen LogP contribution in [0, 0.1) is 5.92 Å². The molecule has 1 aromatic heterocycles. The van der Waals surface area contributed by atoms with E-state index in [-0.39, 0.29) is 11.8 Å². The SMILES string of the molecule is O=C([C@@H]1CCOC1)N1CCCn2nc(-c3ccc(Cl)cc3)cc2C1. The lowest BCUT2D eigenvalue weighted by molar-refractivity contribution is -0.136. The second-order valence-electron chi connectivity index (χ2n) is 6.42. The first-order valence-electron chi connectivity index (χ1n) is 8.40. The van der Waals surface area contributed by atoms with E-state index >= 15 is 0 Å². The van der Waals surface area contributed by atoms with Gasteiger partial charge in [-0.05, 0) is 31.0 Å². The molecule has 6 heteroatoms. The minimum atomic E-state index is 0.0233. The van der Waals surface area contributed by atoms with E-state index < -0.39 is 0 Å². The molecule has 4 rings (SSSR count). The zero-order valence-corrected chi connectivity index (χ0v) is 14.2. The van der Waals surface area contributed by atoms with Gasteiger partial charge in [0, 0.05) is 30.3 Å². The van der Waals surface area contributed by atoms with Gasteiger partial charge in [0.15, 0.2) is 0 Å². The summed E-state index contributed by atoms with van der Waals surface area (Å²) in [5.41, 5.74) is 3.06. The first-order chi connectivity index (χ1) is 11.7. The van der Waals surface area contributed by atoms with Crippen molar-refractivity contribution in [3.63, 3.8) is 0 Å². The molecule has 0 saturated carbocycles. The first-order valence-corrected chi connectivity index (χ1v) is 8.78. The molecule has 1 atom stereocenters. The van der Waals surface area contributed by atoms with E-state index in [2.05, 4.69) is 6.07 Å². The summed E-state index contributed by atoms with van der Waals surface area (Å²) < 4.78 is 7.40. The highest BCUT2D eigenvalue weighted by Gasteiger charge is 2.29. The van der Waals surface area contributed by atoms with Crippen LogP contribution in [0.25, 0.3) is 11.3 Å². The van der Waals surface area contributed by atoms with Crippen LogP contribution < -0.4 is 0 Å². The number of benzene rings is 1. The number of aryl methyl sites for hydroxylation is 1. The lowest BCUT2D eigenvalue weighted by Crippen LogP contribution is -2.36. The first kappa shape index (κ1) is 15.7. The Hall–Kier alpha value is -1.85. The summed E-state index contributed by atoms with van der Waals surface area (Å²) in [5.74, 6) is 0.241. The van der Waals surface area contributed by atoms with Crippen molar-refractivity contribution in [2.75, 3.05) is 19.8 Å². The average molecular weight is 346 g/mol. The summed E-state index contributed by atoms with van der Waals surface area (Å²) >= 11 is 5.96. The Bertz CT molecular complexity index is 735. The number of nitrogens with zero attached hydrogens (tertiary/aromatic N) is 3. The maximum Gasteiger partial charge on any atom is 0.228 e. The largest absolute Gasteiger partial charge is 0.381 e. The van der Waals surface area contributed by atoms with E-state index in [4.69, 9.17) is 21.4 Å². The molecule has 2 aliphatic heterocycles. The maximum atomic E-state index is 12.7. The smallest absolute Gasteiger partial charge is 0.228 e. The number of hydrogen-bond acceptors (Lipinski definition) is 3. The zero-order chi connectivity index (χ0) is 16.5. The number of carbonyl (C=O) groups excluding carboxylic acids is 1. The van der Waals surface area contributed by atoms with Gasteiger partial charge in [-0.1, -0.05) is 23.7 Å². The molecule has 0 spiro atoms. The van der Waals surface area contributed by atoms with E-state index in [1.165, 1.54) is 0 Å². The monoisotopic (exact) mass is 345 g/mol. The van der Waals surface area contributed by atoms with E-state index in [1.807, 2.05) is 33.8 Å². The van der Waals surface area contributed by atoms with Crippen LogP contribution in [0.1, 0.15) is 18.5 Å². The van der Waals surface area contributed by atoms with Crippen LogP contribution in [-0.4, -0.2) is 40.3 Å². The van der Waals surface area contributed by atoms with Crippen LogP contribution in [0.4, 0.5) is 0 Å². The molecule has 126 valence electrons. The summed E-state index contributed by atoms with van der Waals surface area (Å²) in [6.07, 6.45) is 1.76. The Morgan fingerprint density at radius 1 is 1.25 bits per heavy atom. The molecule has 1 amide bonds. The Morgan fingerprint density at radius 2 is 2.08 bits per heavy atom. The van der Waals surface area contributed by atoms with Crippen molar-refractivity contribution < 1.29 is 9.53 Å². The highest BCUT2D eigenvalue weighted by atomic mass is 35.5. The van der Waals surface area contributed by atoms with Gasteiger partial charge in [-0.25, -0.2) is 0 Å². The fraction of sp³-hybridized carbons (Fsp3) is 0.444. The fourth-order valence-electron chi connectivity index (χ4n) is 3.40. The van der Waals surface area contributed by atoms with E-state index in [0.717, 1.165) is 47.9 Å². The Kier molecular flexibility index (Phi) is 4.29. The number of halogens is 1. The minimum Gasteiger partial charge on any atom is -0.381 e. The summed E-state index contributed by atoms with van der Waals surface area (Å²) in [7, 11) is 0. The van der Waals surface area contributed by atoms with Gasteiger partial charge < -0.3 is 9.64 Å². The number of hydrogen-bond donors (Lipinski definition) is 0. The van der Waals surface area contributed by atoms with E-state index in [0.29, 0.717) is 19.8 Å². The number of aromatic nitrogens is 2. The summed E-state index contributed by atoms with van der Waals surface area (Å²) in [6, 6.07) is 9.78. The van der Waals surface area contributed by atoms with Crippen molar-refractivity contribution in [2.45, 2.75) is 25.9 Å². The van der Waals surface area contributed by atoms with Gasteiger partial charge >= 0.3 is 0 Å². The third kappa shape index (κ3) is 3.06. The molecule has 2 aliphatic rings. The normalized spacial score (nSPS) is 20.7. The van der Waals surface area contributed by atoms with Crippen LogP contribution in [0.2, 0.25) is 5.02 Å². The predicted octanol–water partition coefficient (Wildman–Crippen LogP) is 2.97. The van der Waals surface area contributed by atoms with Crippen molar-refractivity contribution in [2.24, 2.45) is 5.92 Å². The quantitative estimate of drug-likeness (QED) is 0.840. The van der Waals surface area contributed by atoms with Gasteiger partial charge in [-0.2, -0.15) is 5.10 Å². The van der Waals surface area contributed by atoms with Crippen molar-refractivity contribution >= 4 is 17.5 Å². The van der Waals surface area contributed by atoms with E-state index in [9.17, 15) is 4.79 Å². The molecule has 5 nitrogen and oxygen atoms in total. The molecule has 24 heavy (non-hydrogen) atoms. The zero-order valence-electron chi connectivity index (χ0n) is 13.4. The summed E-state index contributed by atoms with van der Waals surface area (Å²) in [4.78, 5) is 14.6. The van der Waals surface area contributed by atoms with Crippen molar-refractivity contribution in [1.82, 2.24) is 14.7 Å². The Labute approximate surface area is 146 Å². The van der Waals surface area contributed by atoms with E-state index in [1.54, 1.807) is 0 Å². The molecule has 3 heterocycles. The molecule has 2 aromatic rings. The summed E-state index contributed by atoms with van der Waals surface area (Å²) in [5, 5.41) is 5.43. The number of carbonyl (C=O) groups is 1. The third-order valence-electron chi connectivity index (χ3n) is 4.74. The molecule has 0 aliphatic carbocycles. The summed E-state index contributed by atoms with van der Waals surface area (Å²) in [6.45, 7) is 3.51. The highest BCUT2D eigenvalue weighted by molar-refractivity contribution is 6.30. The van der Waals surface area contributed by atoms with Crippen molar-refractivity contribution in [3.8, 4) is 11.3 Å². The van der Waals surface area contributed by atoms with Crippen LogP contribution in [0.15, 0.2) is 30.3 Å². The van der Waals surface area contributed by atoms with Gasteiger partial charge in [0.1, 0.15) is 0 Å². The lowest BCUT2D eigenvalue weighted by atomic mass is 10.1. The Morgan fingerprint density at radius 3 is 2.83 bits per heavy atom. The molecule has 0 bridgehead atoms. The lowest BCUT2D eigenvalue weighted by Gasteiger charge is -2.22. The minimum absolute atomic E-state index is 0.0233. The van der Waals surface area contributed by atoms with Crippen LogP contribution in [0.5, 0.6) is 0 Å². The third-order valence-corrected chi connectivity index (χ3v) is 5.00. The molecule has 1 aromatic carbocycles. The van der Waals surface area contributed by atoms with Crippen LogP contribution >= 0.6 is 11.6 Å². The fourth-order valence-corrected chi connectivity index (χ4v) is 3.53. The van der Waals surface area contributed by atoms with Crippen molar-refractivity contribution in [3.05, 3.63) is 41.0 Å². The van der Waals surface area contributed by atoms with Crippen molar-refractivity contribution in [1.29, 1.82) is 0 Å². The average Bonchev–Trinajstić information content (AvgIpc) is 3.21. The molecule has 1 saturated heterocycles. The number of ether oxygens (including phenoxy) is 1. The number of rotatable bonds is 2. The van der Waals surface area contributed by atoms with Crippen LogP contribution in [0.3, 0.4) is 0 Å². The molecule has 0 radical (unpaired) electrons. The van der Waals surface area contributed by atoms with Gasteiger partial charge in [-0.3, -0.25) is 9.48 Å². The molecule has 0 N–H and O–H groups in total. The van der Waals surface area contributed by atoms with Gasteiger partial charge in [0.2, 0.25) is 5.91 Å². The second-order valence-corrected chi connectivity index (χ2v) is 6.86. The molecule has 1 fully saturated rings. The second kappa shape index (κ2) is 6.57. The highest BCUT2D eigenvalue weighted by Crippen LogP contribution is 2.25. The van der Waals surface area contributed by atoms with Gasteiger partial charge in [0.05, 0.1) is 30.5 Å². The molecular weight excluding hydrogens is 326 g/mol. The van der Waals surface area contributed by atoms with Crippen LogP contribution in [-0.2, 0) is 22.6 Å². The predicted molar refractivity (Wildman–Crippen MR) is 91.6 cm³/mol. The standard InChI is InChI=1S/C18H20ClN3O2/c19-15-4-2-13(3-5-15)17-10-16-11-21(7-1-8-22(16)20-17)18(23)14-6-9-24-12-14/h2-5,10,14H,1,6-9,11-12H2/t14-/m1/s1. The molecule has 0 unspecified atom stereocenters. The van der Waals surface area contributed by atoms with Gasteiger partial charge in [0.25, 0.3) is 0 Å².